The molecule has 1 aromatic heterocycles. The minimum absolute atomic E-state index is 0.0840. The molecule has 0 spiro atoms. The first-order valence-corrected chi connectivity index (χ1v) is 14.6. The molecule has 238 valence electrons. The van der Waals surface area contributed by atoms with Crippen LogP contribution in [-0.4, -0.2) is 89.8 Å². The number of carbonyl (C=O) groups is 6. The second-order valence-electron chi connectivity index (χ2n) is 11.3. The minimum Gasteiger partial charge on any atom is -0.355 e. The minimum atomic E-state index is -1.08. The first-order chi connectivity index (χ1) is 20.8. The lowest BCUT2D eigenvalue weighted by Crippen LogP contribution is -2.59. The fraction of sp³-hybridized carbons (Fsp3) is 0.500. The van der Waals surface area contributed by atoms with Crippen molar-refractivity contribution < 1.29 is 33.3 Å². The summed E-state index contributed by atoms with van der Waals surface area (Å²) in [5.74, 6) is -3.90. The van der Waals surface area contributed by atoms with Gasteiger partial charge in [0.25, 0.3) is 5.91 Å². The predicted octanol–water partition coefficient (Wildman–Crippen LogP) is -0.177. The molecule has 0 saturated carbocycles. The third kappa shape index (κ3) is 9.64. The Morgan fingerprint density at radius 3 is 2.39 bits per heavy atom. The number of hydrogen-bond donors (Lipinski definition) is 5. The molecule has 2 aromatic rings. The zero-order valence-electron chi connectivity index (χ0n) is 25.6. The smallest absolute Gasteiger partial charge is 0.290 e. The molecule has 1 aliphatic rings. The quantitative estimate of drug-likeness (QED) is 0.308. The summed E-state index contributed by atoms with van der Waals surface area (Å²) in [7, 11) is 1.46. The number of amides is 6. The largest absolute Gasteiger partial charge is 0.355 e. The van der Waals surface area contributed by atoms with Crippen molar-refractivity contribution in [2.75, 3.05) is 20.1 Å². The summed E-state index contributed by atoms with van der Waals surface area (Å²) in [4.78, 5) is 79.9. The van der Waals surface area contributed by atoms with Gasteiger partial charge in [0.2, 0.25) is 35.3 Å². The topological polar surface area (TPSA) is 192 Å². The number of likely N-dealkylation sites (N-methyl/N-ethyl adjacent to an activating group) is 1. The van der Waals surface area contributed by atoms with Crippen LogP contribution in [0.15, 0.2) is 40.9 Å². The Hall–Kier alpha value is -4.75. The average Bonchev–Trinajstić information content (AvgIpc) is 3.42. The van der Waals surface area contributed by atoms with Crippen LogP contribution in [0.3, 0.4) is 0 Å². The van der Waals surface area contributed by atoms with Crippen molar-refractivity contribution in [3.05, 3.63) is 53.4 Å². The summed E-state index contributed by atoms with van der Waals surface area (Å²) in [6.07, 6.45) is 0.576. The molecule has 44 heavy (non-hydrogen) atoms. The molecule has 6 amide bonds. The Morgan fingerprint density at radius 2 is 1.75 bits per heavy atom. The van der Waals surface area contributed by atoms with Crippen molar-refractivity contribution in [2.45, 2.75) is 71.1 Å². The maximum absolute atomic E-state index is 13.4. The third-order valence-electron chi connectivity index (χ3n) is 7.12. The first-order valence-electron chi connectivity index (χ1n) is 14.6. The monoisotopic (exact) mass is 611 g/mol. The number of carbonyl (C=O) groups excluding carboxylic acids is 6. The Kier molecular flexibility index (Phi) is 12.0. The summed E-state index contributed by atoms with van der Waals surface area (Å²) < 4.78 is 5.01. The van der Waals surface area contributed by atoms with Crippen LogP contribution in [0.4, 0.5) is 0 Å². The number of hydrogen-bond acceptors (Lipinski definition) is 8. The molecule has 0 radical (unpaired) electrons. The zero-order chi connectivity index (χ0) is 32.4. The zero-order valence-corrected chi connectivity index (χ0v) is 25.6. The van der Waals surface area contributed by atoms with Crippen molar-refractivity contribution >= 4 is 35.4 Å². The molecule has 4 atom stereocenters. The molecule has 3 rings (SSSR count). The lowest BCUT2D eigenvalue weighted by Gasteiger charge is -2.28. The van der Waals surface area contributed by atoms with Crippen LogP contribution in [0.5, 0.6) is 0 Å². The molecule has 1 aromatic carbocycles. The van der Waals surface area contributed by atoms with E-state index < -0.39 is 59.6 Å². The van der Waals surface area contributed by atoms with Crippen molar-refractivity contribution in [1.29, 1.82) is 0 Å². The summed E-state index contributed by atoms with van der Waals surface area (Å²) in [5.41, 5.74) is 1.28. The van der Waals surface area contributed by atoms with Gasteiger partial charge >= 0.3 is 0 Å². The van der Waals surface area contributed by atoms with Gasteiger partial charge in [0.1, 0.15) is 24.2 Å². The molecule has 0 unspecified atom stereocenters. The second-order valence-corrected chi connectivity index (χ2v) is 11.3. The van der Waals surface area contributed by atoms with E-state index in [0.717, 1.165) is 5.56 Å². The lowest BCUT2D eigenvalue weighted by molar-refractivity contribution is -0.139. The van der Waals surface area contributed by atoms with Crippen LogP contribution in [0, 0.1) is 12.8 Å². The fourth-order valence-electron chi connectivity index (χ4n) is 4.62. The van der Waals surface area contributed by atoms with Gasteiger partial charge < -0.3 is 36.0 Å². The van der Waals surface area contributed by atoms with E-state index in [0.29, 0.717) is 12.1 Å². The van der Waals surface area contributed by atoms with Crippen LogP contribution < -0.4 is 26.6 Å². The van der Waals surface area contributed by atoms with Gasteiger partial charge in [-0.25, -0.2) is 0 Å². The van der Waals surface area contributed by atoms with Gasteiger partial charge in [-0.1, -0.05) is 49.3 Å². The van der Waals surface area contributed by atoms with Crippen molar-refractivity contribution in [3.63, 3.8) is 0 Å². The molecule has 1 fully saturated rings. The third-order valence-corrected chi connectivity index (χ3v) is 7.12. The summed E-state index contributed by atoms with van der Waals surface area (Å²) in [5, 5.41) is 17.0. The Morgan fingerprint density at radius 1 is 1.05 bits per heavy atom. The molecule has 14 heteroatoms. The van der Waals surface area contributed by atoms with Crippen LogP contribution in [0.1, 0.15) is 55.4 Å². The summed E-state index contributed by atoms with van der Waals surface area (Å²) >= 11 is 0. The standard InChI is InChI=1S/C30H41N7O7/c1-17(2)25-29(42)32-19(4)26(39)34-22(15-20-10-7-6-8-11-20)30(43)37(5)16-24(38)31-13-9-12-21(27(40)35-25)33-28(41)23-14-18(3)36-44-23/h6-8,10-11,14,17,19,21-22,25H,9,12-13,15-16H2,1-5H3,(H,31,38)(H,32,42)(H,33,41)(H,34,39)(H,35,40)/t19-,21+,22+,25-/m1/s1. The molecule has 1 saturated heterocycles. The molecule has 14 nitrogen and oxygen atoms in total. The Balaban J connectivity index is 1.84. The highest BCUT2D eigenvalue weighted by Crippen LogP contribution is 2.10. The maximum Gasteiger partial charge on any atom is 0.290 e. The molecular weight excluding hydrogens is 570 g/mol. The van der Waals surface area contributed by atoms with E-state index in [2.05, 4.69) is 31.7 Å². The van der Waals surface area contributed by atoms with Crippen molar-refractivity contribution in [3.8, 4) is 0 Å². The van der Waals surface area contributed by atoms with Crippen molar-refractivity contribution in [1.82, 2.24) is 36.6 Å². The number of nitrogens with one attached hydrogen (secondary N) is 5. The molecule has 0 aliphatic carbocycles. The average molecular weight is 612 g/mol. The van der Waals surface area contributed by atoms with Gasteiger partial charge in [0, 0.05) is 26.1 Å². The molecular formula is C30H41N7O7. The van der Waals surface area contributed by atoms with Crippen LogP contribution in [0.25, 0.3) is 0 Å². The first kappa shape index (κ1) is 33.7. The number of rotatable bonds is 5. The SMILES string of the molecule is Cc1cc(C(=O)N[C@H]2CCCNC(=O)CN(C)C(=O)[C@H](Cc3ccccc3)NC(=O)[C@@H](C)NC(=O)[C@@H](C(C)C)NC2=O)on1. The molecule has 1 aliphatic heterocycles. The highest BCUT2D eigenvalue weighted by molar-refractivity contribution is 5.98. The highest BCUT2D eigenvalue weighted by Gasteiger charge is 2.32. The highest BCUT2D eigenvalue weighted by atomic mass is 16.5. The van der Waals surface area contributed by atoms with E-state index in [1.54, 1.807) is 20.8 Å². The molecule has 0 bridgehead atoms. The van der Waals surface area contributed by atoms with Gasteiger partial charge in [-0.05, 0) is 38.2 Å². The molecule has 5 N–H and O–H groups in total. The second kappa shape index (κ2) is 15.6. The van der Waals surface area contributed by atoms with Crippen LogP contribution in [0.2, 0.25) is 0 Å². The normalized spacial score (nSPS) is 23.1. The van der Waals surface area contributed by atoms with E-state index in [-0.39, 0.29) is 37.6 Å². The van der Waals surface area contributed by atoms with Gasteiger partial charge in [-0.2, -0.15) is 0 Å². The number of nitrogens with zero attached hydrogens (tertiary/aromatic N) is 2. The summed E-state index contributed by atoms with van der Waals surface area (Å²) in [6.45, 7) is 6.45. The predicted molar refractivity (Wildman–Crippen MR) is 159 cm³/mol. The van der Waals surface area contributed by atoms with Crippen molar-refractivity contribution in [2.24, 2.45) is 5.92 Å². The summed E-state index contributed by atoms with van der Waals surface area (Å²) in [6, 6.07) is 6.33. The number of benzene rings is 1. The number of aryl methyl sites for hydroxylation is 1. The van der Waals surface area contributed by atoms with Gasteiger partial charge in [0.15, 0.2) is 0 Å². The van der Waals surface area contributed by atoms with E-state index in [1.165, 1.54) is 24.9 Å². The van der Waals surface area contributed by atoms with Crippen LogP contribution >= 0.6 is 0 Å². The van der Waals surface area contributed by atoms with Crippen LogP contribution in [-0.2, 0) is 30.4 Å². The van der Waals surface area contributed by atoms with E-state index in [1.807, 2.05) is 30.3 Å². The van der Waals surface area contributed by atoms with Gasteiger partial charge in [-0.15, -0.1) is 0 Å². The fourth-order valence-corrected chi connectivity index (χ4v) is 4.62. The van der Waals surface area contributed by atoms with E-state index >= 15 is 0 Å². The number of aromatic nitrogens is 1. The Labute approximate surface area is 256 Å². The lowest BCUT2D eigenvalue weighted by atomic mass is 10.0. The maximum atomic E-state index is 13.4. The molecule has 2 heterocycles. The van der Waals surface area contributed by atoms with E-state index in [4.69, 9.17) is 4.52 Å². The van der Waals surface area contributed by atoms with Gasteiger partial charge in [-0.3, -0.25) is 28.8 Å². The van der Waals surface area contributed by atoms with E-state index in [9.17, 15) is 28.8 Å². The van der Waals surface area contributed by atoms with Gasteiger partial charge in [0.05, 0.1) is 12.2 Å². The Bertz CT molecular complexity index is 1340.